The van der Waals surface area contributed by atoms with Crippen LogP contribution in [0, 0.1) is 0 Å². The van der Waals surface area contributed by atoms with Gasteiger partial charge < -0.3 is 5.11 Å². The molecule has 88 valence electrons. The van der Waals surface area contributed by atoms with E-state index in [4.69, 9.17) is 0 Å². The Labute approximate surface area is 93.7 Å². The Hall–Kier alpha value is -0.0800. The van der Waals surface area contributed by atoms with Gasteiger partial charge in [-0.1, -0.05) is 19.3 Å². The summed E-state index contributed by atoms with van der Waals surface area (Å²) in [6.07, 6.45) is 8.29. The molecular weight excluding hydrogens is 186 g/mol. The number of rotatable bonds is 2. The van der Waals surface area contributed by atoms with Crippen LogP contribution >= 0.6 is 0 Å². The predicted octanol–water partition coefficient (Wildman–Crippen LogP) is 2.55. The molecule has 0 amide bonds. The van der Waals surface area contributed by atoms with Crippen molar-refractivity contribution < 1.29 is 5.11 Å². The fourth-order valence-electron chi connectivity index (χ4n) is 3.48. The second-order valence-corrected chi connectivity index (χ2v) is 5.65. The van der Waals surface area contributed by atoms with Gasteiger partial charge in [0.1, 0.15) is 0 Å². The number of hydrogen-bond acceptors (Lipinski definition) is 2. The van der Waals surface area contributed by atoms with E-state index in [2.05, 4.69) is 18.7 Å². The molecule has 1 atom stereocenters. The van der Waals surface area contributed by atoms with Crippen LogP contribution in [0.5, 0.6) is 0 Å². The lowest BCUT2D eigenvalue weighted by molar-refractivity contribution is -0.0666. The predicted molar refractivity (Wildman–Crippen MR) is 62.9 cm³/mol. The standard InChI is InChI=1S/C13H25NO/c1-11(2)14-10-6-7-12(14)13(15)8-4-3-5-9-13/h11-12,15H,3-10H2,1-2H3. The molecule has 0 aromatic rings. The van der Waals surface area contributed by atoms with Crippen LogP contribution in [0.3, 0.4) is 0 Å². The fourth-order valence-corrected chi connectivity index (χ4v) is 3.48. The van der Waals surface area contributed by atoms with Crippen LogP contribution in [-0.4, -0.2) is 34.2 Å². The van der Waals surface area contributed by atoms with Crippen LogP contribution < -0.4 is 0 Å². The van der Waals surface area contributed by atoms with Gasteiger partial charge in [-0.2, -0.15) is 0 Å². The van der Waals surface area contributed by atoms with Gasteiger partial charge in [0.25, 0.3) is 0 Å². The number of likely N-dealkylation sites (tertiary alicyclic amines) is 1. The first-order valence-electron chi connectivity index (χ1n) is 6.61. The molecule has 2 heteroatoms. The zero-order valence-corrected chi connectivity index (χ0v) is 10.2. The maximum Gasteiger partial charge on any atom is 0.0802 e. The molecule has 0 bridgehead atoms. The van der Waals surface area contributed by atoms with Gasteiger partial charge in [0, 0.05) is 12.1 Å². The average molecular weight is 211 g/mol. The monoisotopic (exact) mass is 211 g/mol. The van der Waals surface area contributed by atoms with Gasteiger partial charge in [-0.05, 0) is 46.1 Å². The maximum absolute atomic E-state index is 10.7. The molecule has 1 aliphatic carbocycles. The first-order chi connectivity index (χ1) is 7.13. The van der Waals surface area contributed by atoms with Gasteiger partial charge in [-0.25, -0.2) is 0 Å². The molecule has 1 aliphatic heterocycles. The zero-order valence-electron chi connectivity index (χ0n) is 10.2. The molecule has 1 unspecified atom stereocenters. The lowest BCUT2D eigenvalue weighted by atomic mass is 9.78. The first kappa shape index (κ1) is 11.4. The molecule has 1 heterocycles. The first-order valence-corrected chi connectivity index (χ1v) is 6.61. The third-order valence-corrected chi connectivity index (χ3v) is 4.30. The highest BCUT2D eigenvalue weighted by molar-refractivity contribution is 4.98. The largest absolute Gasteiger partial charge is 0.388 e. The second-order valence-electron chi connectivity index (χ2n) is 5.65. The average Bonchev–Trinajstić information content (AvgIpc) is 2.67. The topological polar surface area (TPSA) is 23.5 Å². The van der Waals surface area contributed by atoms with E-state index in [-0.39, 0.29) is 5.60 Å². The summed E-state index contributed by atoms with van der Waals surface area (Å²) in [4.78, 5) is 2.52. The molecule has 1 N–H and O–H groups in total. The van der Waals surface area contributed by atoms with Gasteiger partial charge in [-0.15, -0.1) is 0 Å². The quantitative estimate of drug-likeness (QED) is 0.759. The van der Waals surface area contributed by atoms with Crippen molar-refractivity contribution in [1.82, 2.24) is 4.90 Å². The summed E-state index contributed by atoms with van der Waals surface area (Å²) in [5.41, 5.74) is -0.362. The molecule has 0 radical (unpaired) electrons. The van der Waals surface area contributed by atoms with Crippen molar-refractivity contribution in [3.63, 3.8) is 0 Å². The summed E-state index contributed by atoms with van der Waals surface area (Å²) in [6, 6.07) is 1.03. The molecule has 1 saturated heterocycles. The second kappa shape index (κ2) is 4.42. The van der Waals surface area contributed by atoms with Crippen molar-refractivity contribution in [1.29, 1.82) is 0 Å². The molecule has 0 aromatic carbocycles. The van der Waals surface area contributed by atoms with Crippen LogP contribution in [0.15, 0.2) is 0 Å². The number of aliphatic hydroxyl groups is 1. The van der Waals surface area contributed by atoms with E-state index >= 15 is 0 Å². The van der Waals surface area contributed by atoms with Crippen LogP contribution in [0.25, 0.3) is 0 Å². The van der Waals surface area contributed by atoms with Gasteiger partial charge >= 0.3 is 0 Å². The molecule has 15 heavy (non-hydrogen) atoms. The van der Waals surface area contributed by atoms with Crippen LogP contribution in [0.1, 0.15) is 58.8 Å². The van der Waals surface area contributed by atoms with Crippen molar-refractivity contribution in [2.24, 2.45) is 0 Å². The van der Waals surface area contributed by atoms with Crippen molar-refractivity contribution in [3.8, 4) is 0 Å². The van der Waals surface area contributed by atoms with E-state index in [0.29, 0.717) is 12.1 Å². The van der Waals surface area contributed by atoms with Gasteiger partial charge in [0.2, 0.25) is 0 Å². The van der Waals surface area contributed by atoms with E-state index < -0.39 is 0 Å². The van der Waals surface area contributed by atoms with Crippen molar-refractivity contribution in [2.75, 3.05) is 6.54 Å². The summed E-state index contributed by atoms with van der Waals surface area (Å²) in [7, 11) is 0. The highest BCUT2D eigenvalue weighted by Crippen LogP contribution is 2.38. The van der Waals surface area contributed by atoms with Crippen molar-refractivity contribution in [2.45, 2.75) is 76.5 Å². The smallest absolute Gasteiger partial charge is 0.0802 e. The number of hydrogen-bond donors (Lipinski definition) is 1. The Kier molecular flexibility index (Phi) is 3.36. The van der Waals surface area contributed by atoms with Crippen molar-refractivity contribution in [3.05, 3.63) is 0 Å². The lowest BCUT2D eigenvalue weighted by Gasteiger charge is -2.43. The van der Waals surface area contributed by atoms with Crippen LogP contribution in [0.2, 0.25) is 0 Å². The lowest BCUT2D eigenvalue weighted by Crippen LogP contribution is -2.52. The van der Waals surface area contributed by atoms with Gasteiger partial charge in [0.15, 0.2) is 0 Å². The summed E-state index contributed by atoms with van der Waals surface area (Å²) in [5, 5.41) is 10.7. The normalized spacial score (nSPS) is 32.4. The minimum Gasteiger partial charge on any atom is -0.388 e. The highest BCUT2D eigenvalue weighted by atomic mass is 16.3. The minimum atomic E-state index is -0.362. The third-order valence-electron chi connectivity index (χ3n) is 4.30. The molecular formula is C13H25NO. The third kappa shape index (κ3) is 2.21. The van der Waals surface area contributed by atoms with E-state index in [1.165, 1.54) is 38.6 Å². The van der Waals surface area contributed by atoms with Crippen LogP contribution in [-0.2, 0) is 0 Å². The van der Waals surface area contributed by atoms with Crippen LogP contribution in [0.4, 0.5) is 0 Å². The molecule has 0 spiro atoms. The highest BCUT2D eigenvalue weighted by Gasteiger charge is 2.43. The fraction of sp³-hybridized carbons (Fsp3) is 1.00. The summed E-state index contributed by atoms with van der Waals surface area (Å²) >= 11 is 0. The molecule has 2 nitrogen and oxygen atoms in total. The Morgan fingerprint density at radius 1 is 1.13 bits per heavy atom. The SMILES string of the molecule is CC(C)N1CCCC1C1(O)CCCCC1. The molecule has 2 fully saturated rings. The Balaban J connectivity index is 2.07. The van der Waals surface area contributed by atoms with Gasteiger partial charge in [-0.3, -0.25) is 4.90 Å². The minimum absolute atomic E-state index is 0.362. The maximum atomic E-state index is 10.7. The Morgan fingerprint density at radius 3 is 2.40 bits per heavy atom. The Bertz CT molecular complexity index is 209. The van der Waals surface area contributed by atoms with Crippen molar-refractivity contribution >= 4 is 0 Å². The molecule has 1 saturated carbocycles. The Morgan fingerprint density at radius 2 is 1.80 bits per heavy atom. The molecule has 0 aromatic heterocycles. The van der Waals surface area contributed by atoms with E-state index in [1.807, 2.05) is 0 Å². The summed E-state index contributed by atoms with van der Waals surface area (Å²) in [6.45, 7) is 5.69. The van der Waals surface area contributed by atoms with E-state index in [1.54, 1.807) is 0 Å². The molecule has 2 aliphatic rings. The zero-order chi connectivity index (χ0) is 10.9. The molecule has 2 rings (SSSR count). The summed E-state index contributed by atoms with van der Waals surface area (Å²) < 4.78 is 0. The van der Waals surface area contributed by atoms with Gasteiger partial charge in [0.05, 0.1) is 5.60 Å². The number of nitrogens with zero attached hydrogens (tertiary/aromatic N) is 1. The van der Waals surface area contributed by atoms with E-state index in [0.717, 1.165) is 12.8 Å². The summed E-state index contributed by atoms with van der Waals surface area (Å²) in [5.74, 6) is 0. The van der Waals surface area contributed by atoms with E-state index in [9.17, 15) is 5.11 Å².